The number of amides is 1. The van der Waals surface area contributed by atoms with Gasteiger partial charge in [0.2, 0.25) is 0 Å². The number of aromatic nitrogens is 2. The number of hydrogen-bond donors (Lipinski definition) is 2. The molecular formula is C12H10FN5O3. The van der Waals surface area contributed by atoms with Crippen molar-refractivity contribution in [1.82, 2.24) is 15.5 Å². The molecule has 0 radical (unpaired) electrons. The molecule has 0 aliphatic carbocycles. The van der Waals surface area contributed by atoms with Gasteiger partial charge in [0.15, 0.2) is 0 Å². The lowest BCUT2D eigenvalue weighted by molar-refractivity contribution is -0.384. The number of nitrogens with two attached hydrogens (primary N) is 1. The average Bonchev–Trinajstić information content (AvgIpc) is 2.47. The number of nitro groups is 1. The van der Waals surface area contributed by atoms with E-state index in [0.29, 0.717) is 11.8 Å². The van der Waals surface area contributed by atoms with Crippen LogP contribution in [0.15, 0.2) is 30.5 Å². The van der Waals surface area contributed by atoms with E-state index < -0.39 is 28.0 Å². The number of benzene rings is 1. The summed E-state index contributed by atoms with van der Waals surface area (Å²) in [7, 11) is 0. The molecule has 2 rings (SSSR count). The molecular weight excluding hydrogens is 281 g/mol. The summed E-state index contributed by atoms with van der Waals surface area (Å²) in [6.45, 7) is 0.0381. The highest BCUT2D eigenvalue weighted by molar-refractivity contribution is 6.00. The van der Waals surface area contributed by atoms with E-state index in [4.69, 9.17) is 5.73 Å². The maximum atomic E-state index is 13.3. The van der Waals surface area contributed by atoms with Crippen LogP contribution in [0.1, 0.15) is 16.1 Å². The molecule has 0 atom stereocenters. The fourth-order valence-electron chi connectivity index (χ4n) is 1.64. The van der Waals surface area contributed by atoms with E-state index in [0.717, 1.165) is 6.07 Å². The van der Waals surface area contributed by atoms with Crippen molar-refractivity contribution < 1.29 is 14.1 Å². The maximum absolute atomic E-state index is 13.3. The number of carbonyl (C=O) groups is 1. The van der Waals surface area contributed by atoms with Gasteiger partial charge < -0.3 is 11.1 Å². The maximum Gasteiger partial charge on any atom is 0.295 e. The summed E-state index contributed by atoms with van der Waals surface area (Å²) in [5, 5.41) is 20.6. The third-order valence-electron chi connectivity index (χ3n) is 2.62. The van der Waals surface area contributed by atoms with Crippen molar-refractivity contribution in [3.63, 3.8) is 0 Å². The van der Waals surface area contributed by atoms with Crippen LogP contribution in [0.25, 0.3) is 0 Å². The second-order valence-corrected chi connectivity index (χ2v) is 4.04. The predicted octanol–water partition coefficient (Wildman–Crippen LogP) is 1.04. The van der Waals surface area contributed by atoms with Gasteiger partial charge in [-0.2, -0.15) is 10.2 Å². The number of rotatable bonds is 4. The van der Waals surface area contributed by atoms with E-state index >= 15 is 0 Å². The molecule has 1 amide bonds. The van der Waals surface area contributed by atoms with Gasteiger partial charge in [-0.1, -0.05) is 0 Å². The highest BCUT2D eigenvalue weighted by atomic mass is 19.1. The minimum absolute atomic E-state index is 0.0381. The Kier molecular flexibility index (Phi) is 4.02. The highest BCUT2D eigenvalue weighted by Gasteiger charge is 2.21. The van der Waals surface area contributed by atoms with Crippen molar-refractivity contribution >= 4 is 17.3 Å². The van der Waals surface area contributed by atoms with Gasteiger partial charge in [-0.3, -0.25) is 14.9 Å². The summed E-state index contributed by atoms with van der Waals surface area (Å²) in [5.41, 5.74) is 4.66. The van der Waals surface area contributed by atoms with Crippen LogP contribution in [-0.2, 0) is 6.54 Å². The van der Waals surface area contributed by atoms with Crippen molar-refractivity contribution in [2.24, 2.45) is 0 Å². The van der Waals surface area contributed by atoms with Crippen LogP contribution in [0.5, 0.6) is 0 Å². The predicted molar refractivity (Wildman–Crippen MR) is 70.7 cm³/mol. The molecule has 1 aromatic heterocycles. The smallest absolute Gasteiger partial charge is 0.295 e. The number of anilines is 1. The van der Waals surface area contributed by atoms with Gasteiger partial charge in [-0.15, -0.1) is 0 Å². The number of nitrogens with one attached hydrogen (secondary N) is 1. The molecule has 0 bridgehead atoms. The lowest BCUT2D eigenvalue weighted by atomic mass is 10.1. The first kappa shape index (κ1) is 14.3. The Morgan fingerprint density at radius 2 is 2.24 bits per heavy atom. The van der Waals surface area contributed by atoms with Crippen LogP contribution in [0, 0.1) is 15.9 Å². The highest BCUT2D eigenvalue weighted by Crippen LogP contribution is 2.26. The normalized spacial score (nSPS) is 10.1. The van der Waals surface area contributed by atoms with E-state index in [-0.39, 0.29) is 12.1 Å². The topological polar surface area (TPSA) is 124 Å². The second-order valence-electron chi connectivity index (χ2n) is 4.04. The molecule has 2 aromatic rings. The van der Waals surface area contributed by atoms with E-state index in [9.17, 15) is 19.3 Å². The Morgan fingerprint density at radius 3 is 2.86 bits per heavy atom. The first-order valence-electron chi connectivity index (χ1n) is 5.77. The van der Waals surface area contributed by atoms with Gasteiger partial charge in [0.05, 0.1) is 28.8 Å². The Labute approximate surface area is 117 Å². The van der Waals surface area contributed by atoms with Crippen LogP contribution >= 0.6 is 0 Å². The minimum Gasteiger partial charge on any atom is -0.393 e. The molecule has 0 saturated carbocycles. The summed E-state index contributed by atoms with van der Waals surface area (Å²) in [6.07, 6.45) is 1.47. The lowest BCUT2D eigenvalue weighted by Gasteiger charge is -2.07. The minimum atomic E-state index is -0.916. The summed E-state index contributed by atoms with van der Waals surface area (Å²) >= 11 is 0. The molecule has 8 nitrogen and oxygen atoms in total. The number of nitro benzene ring substituents is 1. The number of nitrogen functional groups attached to an aromatic ring is 1. The standard InChI is InChI=1S/C12H10FN5O3/c13-7-4-9(11(14)10(5-7)18(20)21)12(19)15-6-8-2-1-3-16-17-8/h1-5H,6,14H2,(H,15,19). The van der Waals surface area contributed by atoms with Crippen LogP contribution in [0.2, 0.25) is 0 Å². The van der Waals surface area contributed by atoms with Crippen LogP contribution in [0.3, 0.4) is 0 Å². The van der Waals surface area contributed by atoms with Gasteiger partial charge in [0.1, 0.15) is 11.5 Å². The fraction of sp³-hybridized carbons (Fsp3) is 0.0833. The molecule has 0 spiro atoms. The third kappa shape index (κ3) is 3.26. The molecule has 1 heterocycles. The number of halogens is 1. The molecule has 1 aromatic carbocycles. The summed E-state index contributed by atoms with van der Waals surface area (Å²) in [6, 6.07) is 4.77. The quantitative estimate of drug-likeness (QED) is 0.492. The Bertz CT molecular complexity index is 693. The molecule has 0 fully saturated rings. The zero-order chi connectivity index (χ0) is 15.4. The van der Waals surface area contributed by atoms with E-state index in [1.54, 1.807) is 12.1 Å². The van der Waals surface area contributed by atoms with Gasteiger partial charge >= 0.3 is 0 Å². The van der Waals surface area contributed by atoms with Crippen LogP contribution < -0.4 is 11.1 Å². The van der Waals surface area contributed by atoms with E-state index in [2.05, 4.69) is 15.5 Å². The molecule has 108 valence electrons. The fourth-order valence-corrected chi connectivity index (χ4v) is 1.64. The zero-order valence-electron chi connectivity index (χ0n) is 10.6. The SMILES string of the molecule is Nc1c(C(=O)NCc2cccnn2)cc(F)cc1[N+](=O)[O-]. The second kappa shape index (κ2) is 5.90. The molecule has 9 heteroatoms. The first-order chi connectivity index (χ1) is 9.99. The van der Waals surface area contributed by atoms with Gasteiger partial charge in [-0.05, 0) is 18.2 Å². The Balaban J connectivity index is 2.21. The summed E-state index contributed by atoms with van der Waals surface area (Å²) in [4.78, 5) is 21.8. The molecule has 0 unspecified atom stereocenters. The molecule has 3 N–H and O–H groups in total. The molecule has 0 aliphatic heterocycles. The van der Waals surface area contributed by atoms with Crippen LogP contribution in [-0.4, -0.2) is 21.0 Å². The average molecular weight is 291 g/mol. The Hall–Kier alpha value is -3.10. The van der Waals surface area contributed by atoms with Gasteiger partial charge in [-0.25, -0.2) is 4.39 Å². The lowest BCUT2D eigenvalue weighted by Crippen LogP contribution is -2.25. The molecule has 21 heavy (non-hydrogen) atoms. The van der Waals surface area contributed by atoms with Crippen molar-refractivity contribution in [2.75, 3.05) is 5.73 Å². The van der Waals surface area contributed by atoms with Crippen molar-refractivity contribution in [2.45, 2.75) is 6.54 Å². The van der Waals surface area contributed by atoms with Crippen molar-refractivity contribution in [3.05, 3.63) is 57.7 Å². The number of nitrogens with zero attached hydrogens (tertiary/aromatic N) is 3. The summed E-state index contributed by atoms with van der Waals surface area (Å²) in [5.74, 6) is -1.65. The van der Waals surface area contributed by atoms with E-state index in [1.165, 1.54) is 6.20 Å². The number of hydrogen-bond acceptors (Lipinski definition) is 6. The monoisotopic (exact) mass is 291 g/mol. The van der Waals surface area contributed by atoms with Crippen LogP contribution in [0.4, 0.5) is 15.8 Å². The third-order valence-corrected chi connectivity index (χ3v) is 2.62. The van der Waals surface area contributed by atoms with Gasteiger partial charge in [0.25, 0.3) is 11.6 Å². The van der Waals surface area contributed by atoms with E-state index in [1.807, 2.05) is 0 Å². The molecule has 0 saturated heterocycles. The van der Waals surface area contributed by atoms with Crippen molar-refractivity contribution in [3.8, 4) is 0 Å². The molecule has 0 aliphatic rings. The largest absolute Gasteiger partial charge is 0.393 e. The Morgan fingerprint density at radius 1 is 1.48 bits per heavy atom. The number of carbonyl (C=O) groups excluding carboxylic acids is 1. The zero-order valence-corrected chi connectivity index (χ0v) is 10.6. The summed E-state index contributed by atoms with van der Waals surface area (Å²) < 4.78 is 13.3. The van der Waals surface area contributed by atoms with Crippen molar-refractivity contribution in [1.29, 1.82) is 0 Å². The van der Waals surface area contributed by atoms with Gasteiger partial charge in [0, 0.05) is 6.20 Å². The first-order valence-corrected chi connectivity index (χ1v) is 5.77.